The van der Waals surface area contributed by atoms with Crippen molar-refractivity contribution in [1.29, 1.82) is 0 Å². The first-order chi connectivity index (χ1) is 7.03. The van der Waals surface area contributed by atoms with E-state index in [2.05, 4.69) is 0 Å². The highest BCUT2D eigenvalue weighted by molar-refractivity contribution is 5.82. The number of ether oxygens (including phenoxy) is 1. The van der Waals surface area contributed by atoms with E-state index in [1.54, 1.807) is 0 Å². The molecule has 1 amide bonds. The van der Waals surface area contributed by atoms with E-state index in [1.165, 1.54) is 0 Å². The summed E-state index contributed by atoms with van der Waals surface area (Å²) in [5, 5.41) is 0. The first-order valence-electron chi connectivity index (χ1n) is 5.61. The van der Waals surface area contributed by atoms with Crippen molar-refractivity contribution in [3.63, 3.8) is 0 Å². The van der Waals surface area contributed by atoms with Gasteiger partial charge >= 0.3 is 0 Å². The fourth-order valence-electron chi connectivity index (χ4n) is 1.66. The van der Waals surface area contributed by atoms with Gasteiger partial charge in [-0.15, -0.1) is 0 Å². The third kappa shape index (κ3) is 2.69. The Balaban J connectivity index is 2.72. The molecule has 1 atom stereocenters. The summed E-state index contributed by atoms with van der Waals surface area (Å²) in [6, 6.07) is 0.0528. The van der Waals surface area contributed by atoms with Crippen molar-refractivity contribution < 1.29 is 9.53 Å². The number of carbonyl (C=O) groups excluding carboxylic acids is 1. The molecule has 0 spiro atoms. The minimum atomic E-state index is -0.287. The lowest BCUT2D eigenvalue weighted by molar-refractivity contribution is -0.149. The Morgan fingerprint density at radius 3 is 2.80 bits per heavy atom. The SMILES string of the molecule is CCC(C)(C)C(=O)N1CCOCC1CN. The van der Waals surface area contributed by atoms with Crippen LogP contribution < -0.4 is 5.73 Å². The first kappa shape index (κ1) is 12.5. The maximum absolute atomic E-state index is 12.2. The van der Waals surface area contributed by atoms with Crippen LogP contribution in [0, 0.1) is 5.41 Å². The van der Waals surface area contributed by atoms with E-state index >= 15 is 0 Å². The van der Waals surface area contributed by atoms with E-state index in [9.17, 15) is 4.79 Å². The molecule has 1 fully saturated rings. The molecule has 1 rings (SSSR count). The molecule has 1 unspecified atom stereocenters. The van der Waals surface area contributed by atoms with E-state index in [0.29, 0.717) is 26.3 Å². The van der Waals surface area contributed by atoms with Gasteiger partial charge in [0, 0.05) is 18.5 Å². The summed E-state index contributed by atoms with van der Waals surface area (Å²) < 4.78 is 5.33. The van der Waals surface area contributed by atoms with Crippen LogP contribution in [0.4, 0.5) is 0 Å². The van der Waals surface area contributed by atoms with Crippen LogP contribution in [0.15, 0.2) is 0 Å². The summed E-state index contributed by atoms with van der Waals surface area (Å²) >= 11 is 0. The molecule has 0 aromatic carbocycles. The third-order valence-corrected chi connectivity index (χ3v) is 3.22. The Morgan fingerprint density at radius 1 is 1.60 bits per heavy atom. The van der Waals surface area contributed by atoms with Crippen molar-refractivity contribution in [2.45, 2.75) is 33.2 Å². The highest BCUT2D eigenvalue weighted by Gasteiger charge is 2.35. The molecule has 0 radical (unpaired) electrons. The monoisotopic (exact) mass is 214 g/mol. The molecule has 4 nitrogen and oxygen atoms in total. The zero-order valence-electron chi connectivity index (χ0n) is 9.95. The van der Waals surface area contributed by atoms with E-state index in [-0.39, 0.29) is 17.4 Å². The Kier molecular flexibility index (Phi) is 4.11. The molecule has 15 heavy (non-hydrogen) atoms. The van der Waals surface area contributed by atoms with Gasteiger partial charge in [-0.25, -0.2) is 0 Å². The van der Waals surface area contributed by atoms with Crippen LogP contribution in [-0.2, 0) is 9.53 Å². The molecule has 4 heteroatoms. The molecule has 1 aliphatic heterocycles. The number of hydrogen-bond donors (Lipinski definition) is 1. The molecular formula is C11H22N2O2. The van der Waals surface area contributed by atoms with Gasteiger partial charge in [0.15, 0.2) is 0 Å². The van der Waals surface area contributed by atoms with E-state index in [1.807, 2.05) is 25.7 Å². The van der Waals surface area contributed by atoms with Gasteiger partial charge in [0.1, 0.15) is 0 Å². The van der Waals surface area contributed by atoms with Gasteiger partial charge in [0.25, 0.3) is 0 Å². The van der Waals surface area contributed by atoms with Crippen molar-refractivity contribution in [2.24, 2.45) is 11.1 Å². The predicted octanol–water partition coefficient (Wildman–Crippen LogP) is 0.609. The van der Waals surface area contributed by atoms with Crippen LogP contribution in [0.2, 0.25) is 0 Å². The normalized spacial score (nSPS) is 22.9. The maximum atomic E-state index is 12.2. The first-order valence-corrected chi connectivity index (χ1v) is 5.61. The number of amides is 1. The second-order valence-corrected chi connectivity index (χ2v) is 4.70. The molecule has 0 aromatic heterocycles. The number of hydrogen-bond acceptors (Lipinski definition) is 3. The van der Waals surface area contributed by atoms with Gasteiger partial charge in [-0.05, 0) is 6.42 Å². The molecule has 1 saturated heterocycles. The second kappa shape index (κ2) is 4.94. The largest absolute Gasteiger partial charge is 0.377 e. The van der Waals surface area contributed by atoms with Crippen LogP contribution in [-0.4, -0.2) is 43.2 Å². The molecule has 0 aromatic rings. The fraction of sp³-hybridized carbons (Fsp3) is 0.909. The average molecular weight is 214 g/mol. The lowest BCUT2D eigenvalue weighted by Gasteiger charge is -2.39. The fourth-order valence-corrected chi connectivity index (χ4v) is 1.66. The summed E-state index contributed by atoms with van der Waals surface area (Å²) in [6.07, 6.45) is 0.848. The quantitative estimate of drug-likeness (QED) is 0.749. The molecule has 0 bridgehead atoms. The Bertz CT molecular complexity index is 229. The third-order valence-electron chi connectivity index (χ3n) is 3.22. The minimum Gasteiger partial charge on any atom is -0.377 e. The highest BCUT2D eigenvalue weighted by Crippen LogP contribution is 2.24. The summed E-state index contributed by atoms with van der Waals surface area (Å²) in [4.78, 5) is 14.1. The van der Waals surface area contributed by atoms with Gasteiger partial charge in [0.05, 0.1) is 19.3 Å². The van der Waals surface area contributed by atoms with Crippen molar-refractivity contribution in [3.8, 4) is 0 Å². The number of rotatable bonds is 3. The molecule has 0 aliphatic carbocycles. The minimum absolute atomic E-state index is 0.0528. The number of morpholine rings is 1. The van der Waals surface area contributed by atoms with Crippen LogP contribution in [0.5, 0.6) is 0 Å². The zero-order chi connectivity index (χ0) is 11.5. The lowest BCUT2D eigenvalue weighted by Crippen LogP contribution is -2.55. The van der Waals surface area contributed by atoms with E-state index in [4.69, 9.17) is 10.5 Å². The van der Waals surface area contributed by atoms with Gasteiger partial charge in [-0.2, -0.15) is 0 Å². The predicted molar refractivity (Wildman–Crippen MR) is 59.4 cm³/mol. The van der Waals surface area contributed by atoms with Gasteiger partial charge in [0.2, 0.25) is 5.91 Å². The van der Waals surface area contributed by atoms with Gasteiger partial charge in [-0.3, -0.25) is 4.79 Å². The Hall–Kier alpha value is -0.610. The van der Waals surface area contributed by atoms with Crippen molar-refractivity contribution >= 4 is 5.91 Å². The van der Waals surface area contributed by atoms with Crippen molar-refractivity contribution in [2.75, 3.05) is 26.3 Å². The van der Waals surface area contributed by atoms with E-state index < -0.39 is 0 Å². The number of nitrogens with two attached hydrogens (primary N) is 1. The lowest BCUT2D eigenvalue weighted by atomic mass is 9.88. The van der Waals surface area contributed by atoms with Crippen molar-refractivity contribution in [1.82, 2.24) is 4.90 Å². The van der Waals surface area contributed by atoms with E-state index in [0.717, 1.165) is 6.42 Å². The molecular weight excluding hydrogens is 192 g/mol. The zero-order valence-corrected chi connectivity index (χ0v) is 9.95. The van der Waals surface area contributed by atoms with Crippen LogP contribution in [0.25, 0.3) is 0 Å². The molecule has 2 N–H and O–H groups in total. The molecule has 88 valence electrons. The topological polar surface area (TPSA) is 55.6 Å². The summed E-state index contributed by atoms with van der Waals surface area (Å²) in [5.41, 5.74) is 5.36. The van der Waals surface area contributed by atoms with Gasteiger partial charge in [-0.1, -0.05) is 20.8 Å². The number of carbonyl (C=O) groups is 1. The Labute approximate surface area is 91.8 Å². The van der Waals surface area contributed by atoms with Crippen LogP contribution in [0.3, 0.4) is 0 Å². The standard InChI is InChI=1S/C11H22N2O2/c1-4-11(2,3)10(14)13-5-6-15-8-9(13)7-12/h9H,4-8,12H2,1-3H3. The highest BCUT2D eigenvalue weighted by atomic mass is 16.5. The smallest absolute Gasteiger partial charge is 0.228 e. The summed E-state index contributed by atoms with van der Waals surface area (Å²) in [5.74, 6) is 0.198. The summed E-state index contributed by atoms with van der Waals surface area (Å²) in [6.45, 7) is 8.35. The number of nitrogens with zero attached hydrogens (tertiary/aromatic N) is 1. The van der Waals surface area contributed by atoms with Crippen LogP contribution in [0.1, 0.15) is 27.2 Å². The second-order valence-electron chi connectivity index (χ2n) is 4.70. The molecule has 0 saturated carbocycles. The average Bonchev–Trinajstić information content (AvgIpc) is 2.28. The maximum Gasteiger partial charge on any atom is 0.228 e. The summed E-state index contributed by atoms with van der Waals surface area (Å²) in [7, 11) is 0. The molecule has 1 heterocycles. The van der Waals surface area contributed by atoms with Gasteiger partial charge < -0.3 is 15.4 Å². The molecule has 1 aliphatic rings. The van der Waals surface area contributed by atoms with Crippen molar-refractivity contribution in [3.05, 3.63) is 0 Å². The Morgan fingerprint density at radius 2 is 2.27 bits per heavy atom. The van der Waals surface area contributed by atoms with Crippen LogP contribution >= 0.6 is 0 Å².